The van der Waals surface area contributed by atoms with Gasteiger partial charge in [-0.2, -0.15) is 0 Å². The van der Waals surface area contributed by atoms with Crippen LogP contribution in [0.1, 0.15) is 53.4 Å². The summed E-state index contributed by atoms with van der Waals surface area (Å²) in [6, 6.07) is 0.686. The van der Waals surface area contributed by atoms with Crippen LogP contribution < -0.4 is 5.32 Å². The van der Waals surface area contributed by atoms with Crippen LogP contribution in [0, 0.1) is 5.41 Å². The first kappa shape index (κ1) is 17.9. The van der Waals surface area contributed by atoms with E-state index in [9.17, 15) is 0 Å². The molecule has 1 N–H and O–H groups in total. The van der Waals surface area contributed by atoms with E-state index >= 15 is 0 Å². The lowest BCUT2D eigenvalue weighted by Gasteiger charge is -2.40. The molecule has 20 heavy (non-hydrogen) atoms. The summed E-state index contributed by atoms with van der Waals surface area (Å²) in [6.45, 7) is 16.7. The molecule has 120 valence electrons. The van der Waals surface area contributed by atoms with Crippen LogP contribution in [0.15, 0.2) is 0 Å². The Morgan fingerprint density at radius 1 is 1.15 bits per heavy atom. The molecular formula is C17H37N3. The van der Waals surface area contributed by atoms with E-state index in [1.807, 2.05) is 0 Å². The fourth-order valence-corrected chi connectivity index (χ4v) is 3.40. The summed E-state index contributed by atoms with van der Waals surface area (Å²) in [5.74, 6) is 0. The van der Waals surface area contributed by atoms with Crippen LogP contribution in [0.25, 0.3) is 0 Å². The van der Waals surface area contributed by atoms with Crippen LogP contribution >= 0.6 is 0 Å². The van der Waals surface area contributed by atoms with Crippen molar-refractivity contribution in [1.82, 2.24) is 15.1 Å². The fourth-order valence-electron chi connectivity index (χ4n) is 3.40. The lowest BCUT2D eigenvalue weighted by atomic mass is 9.81. The SMILES string of the molecule is CCCNCC(CC)(CC)CN1CCCN(C)CC1C. The van der Waals surface area contributed by atoms with Crippen LogP contribution in [-0.2, 0) is 0 Å². The van der Waals surface area contributed by atoms with Gasteiger partial charge in [-0.3, -0.25) is 4.90 Å². The summed E-state index contributed by atoms with van der Waals surface area (Å²) < 4.78 is 0. The van der Waals surface area contributed by atoms with E-state index in [1.165, 1.54) is 58.4 Å². The van der Waals surface area contributed by atoms with Gasteiger partial charge in [-0.05, 0) is 64.7 Å². The topological polar surface area (TPSA) is 18.5 Å². The van der Waals surface area contributed by atoms with Crippen molar-refractivity contribution in [2.24, 2.45) is 5.41 Å². The van der Waals surface area contributed by atoms with Crippen LogP contribution in [-0.4, -0.2) is 62.2 Å². The maximum absolute atomic E-state index is 3.67. The van der Waals surface area contributed by atoms with Crippen LogP contribution in [0.3, 0.4) is 0 Å². The molecular weight excluding hydrogens is 246 g/mol. The Balaban J connectivity index is 2.62. The minimum absolute atomic E-state index is 0.451. The molecule has 3 nitrogen and oxygen atoms in total. The van der Waals surface area contributed by atoms with Gasteiger partial charge in [0, 0.05) is 25.7 Å². The third-order valence-electron chi connectivity index (χ3n) is 5.15. The van der Waals surface area contributed by atoms with Gasteiger partial charge in [0.2, 0.25) is 0 Å². The third kappa shape index (κ3) is 5.34. The van der Waals surface area contributed by atoms with Gasteiger partial charge >= 0.3 is 0 Å². The van der Waals surface area contributed by atoms with Crippen molar-refractivity contribution < 1.29 is 0 Å². The molecule has 0 spiro atoms. The molecule has 0 bridgehead atoms. The molecule has 1 saturated heterocycles. The Bertz CT molecular complexity index is 251. The molecule has 0 aliphatic carbocycles. The Kier molecular flexibility index (Phi) is 8.08. The molecule has 1 atom stereocenters. The van der Waals surface area contributed by atoms with Crippen LogP contribution in [0.5, 0.6) is 0 Å². The zero-order valence-electron chi connectivity index (χ0n) is 14.5. The summed E-state index contributed by atoms with van der Waals surface area (Å²) in [7, 11) is 2.26. The van der Waals surface area contributed by atoms with E-state index in [-0.39, 0.29) is 0 Å². The van der Waals surface area contributed by atoms with E-state index in [4.69, 9.17) is 0 Å². The number of hydrogen-bond acceptors (Lipinski definition) is 3. The predicted molar refractivity (Wildman–Crippen MR) is 89.3 cm³/mol. The quantitative estimate of drug-likeness (QED) is 0.691. The van der Waals surface area contributed by atoms with Gasteiger partial charge in [0.1, 0.15) is 0 Å². The number of hydrogen-bond donors (Lipinski definition) is 1. The molecule has 0 aromatic carbocycles. The Morgan fingerprint density at radius 3 is 2.45 bits per heavy atom. The smallest absolute Gasteiger partial charge is 0.0195 e. The molecule has 1 heterocycles. The number of likely N-dealkylation sites (N-methyl/N-ethyl adjacent to an activating group) is 1. The molecule has 1 fully saturated rings. The third-order valence-corrected chi connectivity index (χ3v) is 5.15. The van der Waals surface area contributed by atoms with Gasteiger partial charge in [0.15, 0.2) is 0 Å². The molecule has 3 heteroatoms. The maximum atomic E-state index is 3.67. The van der Waals surface area contributed by atoms with Gasteiger partial charge in [-0.25, -0.2) is 0 Å². The molecule has 1 rings (SSSR count). The highest BCUT2D eigenvalue weighted by molar-refractivity contribution is 4.86. The number of nitrogens with zero attached hydrogens (tertiary/aromatic N) is 2. The highest BCUT2D eigenvalue weighted by atomic mass is 15.2. The van der Waals surface area contributed by atoms with Crippen molar-refractivity contribution in [3.8, 4) is 0 Å². The first-order valence-electron chi connectivity index (χ1n) is 8.70. The number of nitrogens with one attached hydrogen (secondary N) is 1. The lowest BCUT2D eigenvalue weighted by molar-refractivity contribution is 0.105. The molecule has 0 aromatic rings. The van der Waals surface area contributed by atoms with Crippen molar-refractivity contribution in [2.75, 3.05) is 46.3 Å². The van der Waals surface area contributed by atoms with Crippen LogP contribution in [0.2, 0.25) is 0 Å². The first-order valence-corrected chi connectivity index (χ1v) is 8.70. The lowest BCUT2D eigenvalue weighted by Crippen LogP contribution is -2.48. The van der Waals surface area contributed by atoms with Gasteiger partial charge < -0.3 is 10.2 Å². The Morgan fingerprint density at radius 2 is 1.85 bits per heavy atom. The highest BCUT2D eigenvalue weighted by Crippen LogP contribution is 2.28. The zero-order chi connectivity index (χ0) is 15.0. The summed E-state index contributed by atoms with van der Waals surface area (Å²) in [4.78, 5) is 5.23. The molecule has 0 aromatic heterocycles. The van der Waals surface area contributed by atoms with Crippen molar-refractivity contribution in [2.45, 2.75) is 59.4 Å². The van der Waals surface area contributed by atoms with Crippen molar-refractivity contribution >= 4 is 0 Å². The molecule has 0 saturated carbocycles. The second-order valence-corrected chi connectivity index (χ2v) is 6.82. The first-order chi connectivity index (χ1) is 9.56. The maximum Gasteiger partial charge on any atom is 0.0195 e. The zero-order valence-corrected chi connectivity index (χ0v) is 14.5. The Hall–Kier alpha value is -0.120. The monoisotopic (exact) mass is 283 g/mol. The van der Waals surface area contributed by atoms with Crippen molar-refractivity contribution in [3.63, 3.8) is 0 Å². The second-order valence-electron chi connectivity index (χ2n) is 6.82. The summed E-state index contributed by atoms with van der Waals surface area (Å²) in [5.41, 5.74) is 0.451. The molecule has 1 unspecified atom stereocenters. The normalized spacial score (nSPS) is 22.9. The van der Waals surface area contributed by atoms with Gasteiger partial charge in [0.05, 0.1) is 0 Å². The van der Waals surface area contributed by atoms with Crippen molar-refractivity contribution in [1.29, 1.82) is 0 Å². The summed E-state index contributed by atoms with van der Waals surface area (Å²) in [6.07, 6.45) is 5.10. The largest absolute Gasteiger partial charge is 0.316 e. The van der Waals surface area contributed by atoms with Gasteiger partial charge in [0.25, 0.3) is 0 Å². The molecule has 0 amide bonds. The van der Waals surface area contributed by atoms with Crippen LogP contribution in [0.4, 0.5) is 0 Å². The summed E-state index contributed by atoms with van der Waals surface area (Å²) >= 11 is 0. The molecule has 0 radical (unpaired) electrons. The van der Waals surface area contributed by atoms with E-state index in [2.05, 4.69) is 49.9 Å². The van der Waals surface area contributed by atoms with E-state index in [1.54, 1.807) is 0 Å². The number of rotatable bonds is 8. The summed E-state index contributed by atoms with van der Waals surface area (Å²) in [5, 5.41) is 3.67. The minimum Gasteiger partial charge on any atom is -0.316 e. The molecule has 1 aliphatic rings. The second kappa shape index (κ2) is 9.01. The highest BCUT2D eigenvalue weighted by Gasteiger charge is 2.31. The van der Waals surface area contributed by atoms with Gasteiger partial charge in [-0.15, -0.1) is 0 Å². The van der Waals surface area contributed by atoms with E-state index < -0.39 is 0 Å². The van der Waals surface area contributed by atoms with E-state index in [0.29, 0.717) is 11.5 Å². The van der Waals surface area contributed by atoms with Crippen molar-refractivity contribution in [3.05, 3.63) is 0 Å². The predicted octanol–water partition coefficient (Wildman–Crippen LogP) is 2.82. The standard InChI is InChI=1S/C17H37N3/c1-6-10-18-14-17(7-2,8-3)15-20-12-9-11-19(5)13-16(20)4/h16,18H,6-15H2,1-5H3. The fraction of sp³-hybridized carbons (Fsp3) is 1.00. The van der Waals surface area contributed by atoms with Gasteiger partial charge in [-0.1, -0.05) is 20.8 Å². The molecule has 1 aliphatic heterocycles. The minimum atomic E-state index is 0.451. The Labute approximate surface area is 127 Å². The van der Waals surface area contributed by atoms with E-state index in [0.717, 1.165) is 6.54 Å². The average Bonchev–Trinajstić information content (AvgIpc) is 2.59. The average molecular weight is 284 g/mol.